The summed E-state index contributed by atoms with van der Waals surface area (Å²) in [4.78, 5) is 0. The van der Waals surface area contributed by atoms with E-state index in [0.717, 1.165) is 24.6 Å². The summed E-state index contributed by atoms with van der Waals surface area (Å²) in [7, 11) is 0. The molecule has 0 heterocycles. The van der Waals surface area contributed by atoms with Crippen LogP contribution in [0.3, 0.4) is 0 Å². The van der Waals surface area contributed by atoms with Crippen LogP contribution in [0.2, 0.25) is 0 Å². The highest BCUT2D eigenvalue weighted by Crippen LogP contribution is 2.04. The molecule has 0 bridgehead atoms. The number of alkyl halides is 1. The van der Waals surface area contributed by atoms with E-state index in [9.17, 15) is 0 Å². The molecule has 0 aliphatic rings. The average molecular weight is 299 g/mol. The second-order valence-electron chi connectivity index (χ2n) is 4.36. The van der Waals surface area contributed by atoms with Crippen LogP contribution < -0.4 is 0 Å². The predicted molar refractivity (Wildman–Crippen MR) is 82.6 cm³/mol. The van der Waals surface area contributed by atoms with E-state index in [1.165, 1.54) is 44.9 Å². The molecule has 0 nitrogen and oxygen atoms in total. The molecule has 0 N–H and O–H groups in total. The van der Waals surface area contributed by atoms with Crippen LogP contribution in [0.1, 0.15) is 71.1 Å². The van der Waals surface area contributed by atoms with Crippen molar-refractivity contribution >= 4 is 15.9 Å². The van der Waals surface area contributed by atoms with Crippen LogP contribution in [0.25, 0.3) is 0 Å². The lowest BCUT2D eigenvalue weighted by Gasteiger charge is -1.93. The molecular formula is C16H27Br. The maximum Gasteiger partial charge on any atom is 0.0123 e. The Labute approximate surface area is 116 Å². The van der Waals surface area contributed by atoms with E-state index >= 15 is 0 Å². The molecule has 0 unspecified atom stereocenters. The highest BCUT2D eigenvalue weighted by Gasteiger charge is 1.86. The maximum atomic E-state index is 3.45. The van der Waals surface area contributed by atoms with E-state index < -0.39 is 0 Å². The second kappa shape index (κ2) is 15.8. The zero-order valence-electron chi connectivity index (χ0n) is 11.3. The number of allylic oxidation sites excluding steroid dienone is 2. The lowest BCUT2D eigenvalue weighted by atomic mass is 10.1. The second-order valence-corrected chi connectivity index (χ2v) is 5.15. The Kier molecular flexibility index (Phi) is 15.6. The Hall–Kier alpha value is -0.220. The Morgan fingerprint density at radius 2 is 1.53 bits per heavy atom. The first-order valence-corrected chi connectivity index (χ1v) is 8.20. The third kappa shape index (κ3) is 15.8. The van der Waals surface area contributed by atoms with Crippen molar-refractivity contribution in [2.24, 2.45) is 0 Å². The number of halogens is 1. The largest absolute Gasteiger partial charge is 0.103 e. The van der Waals surface area contributed by atoms with Gasteiger partial charge < -0.3 is 0 Å². The molecule has 0 atom stereocenters. The molecule has 1 heteroatoms. The molecular weight excluding hydrogens is 272 g/mol. The summed E-state index contributed by atoms with van der Waals surface area (Å²) < 4.78 is 0. The van der Waals surface area contributed by atoms with Crippen LogP contribution in [-0.4, -0.2) is 5.33 Å². The maximum absolute atomic E-state index is 3.45. The van der Waals surface area contributed by atoms with Crippen molar-refractivity contribution in [2.45, 2.75) is 71.1 Å². The first-order chi connectivity index (χ1) is 8.41. The predicted octanol–water partition coefficient (Wildman–Crippen LogP) is 5.86. The summed E-state index contributed by atoms with van der Waals surface area (Å²) in [6.45, 7) is 2.23. The van der Waals surface area contributed by atoms with E-state index in [-0.39, 0.29) is 0 Å². The number of hydrogen-bond acceptors (Lipinski definition) is 0. The van der Waals surface area contributed by atoms with Crippen molar-refractivity contribution in [3.05, 3.63) is 12.2 Å². The zero-order valence-corrected chi connectivity index (χ0v) is 12.9. The number of hydrogen-bond donors (Lipinski definition) is 0. The molecule has 0 amide bonds. The minimum absolute atomic E-state index is 1.03. The summed E-state index contributed by atoms with van der Waals surface area (Å²) in [5.41, 5.74) is 0. The van der Waals surface area contributed by atoms with Gasteiger partial charge in [-0.25, -0.2) is 0 Å². The first kappa shape index (κ1) is 16.8. The topological polar surface area (TPSA) is 0 Å². The van der Waals surface area contributed by atoms with Gasteiger partial charge in [-0.1, -0.05) is 60.7 Å². The highest BCUT2D eigenvalue weighted by molar-refractivity contribution is 9.09. The fourth-order valence-corrected chi connectivity index (χ4v) is 1.95. The van der Waals surface area contributed by atoms with Gasteiger partial charge in [0, 0.05) is 18.2 Å². The van der Waals surface area contributed by atoms with Gasteiger partial charge >= 0.3 is 0 Å². The van der Waals surface area contributed by atoms with Gasteiger partial charge in [0.15, 0.2) is 0 Å². The molecule has 0 saturated carbocycles. The lowest BCUT2D eigenvalue weighted by Crippen LogP contribution is -1.78. The average Bonchev–Trinajstić information content (AvgIpc) is 2.35. The fraction of sp³-hybridized carbons (Fsp3) is 0.750. The van der Waals surface area contributed by atoms with Crippen LogP contribution >= 0.6 is 15.9 Å². The first-order valence-electron chi connectivity index (χ1n) is 7.08. The summed E-state index contributed by atoms with van der Waals surface area (Å²) in [6.07, 6.45) is 16.9. The van der Waals surface area contributed by atoms with E-state index in [2.05, 4.69) is 46.8 Å². The standard InChI is InChI=1S/C16H27Br/c1-2-3-4-5-6-7-8-9-10-11-12-13-14-15-16-17/h5-6H,2-4,7-8,11-16H2,1H3/b6-5-. The molecule has 98 valence electrons. The molecule has 0 aromatic heterocycles. The third-order valence-electron chi connectivity index (χ3n) is 2.64. The Morgan fingerprint density at radius 1 is 0.824 bits per heavy atom. The van der Waals surface area contributed by atoms with E-state index in [1.807, 2.05) is 0 Å². The zero-order chi connectivity index (χ0) is 12.6. The van der Waals surface area contributed by atoms with Crippen LogP contribution in [-0.2, 0) is 0 Å². The van der Waals surface area contributed by atoms with Gasteiger partial charge in [0.2, 0.25) is 0 Å². The van der Waals surface area contributed by atoms with Gasteiger partial charge in [0.1, 0.15) is 0 Å². The van der Waals surface area contributed by atoms with E-state index in [0.29, 0.717) is 0 Å². The van der Waals surface area contributed by atoms with Gasteiger partial charge in [-0.05, 0) is 25.7 Å². The number of unbranched alkanes of at least 4 members (excludes halogenated alkanes) is 7. The molecule has 0 radical (unpaired) electrons. The van der Waals surface area contributed by atoms with Crippen LogP contribution in [0, 0.1) is 11.8 Å². The van der Waals surface area contributed by atoms with E-state index in [1.54, 1.807) is 0 Å². The van der Waals surface area contributed by atoms with E-state index in [4.69, 9.17) is 0 Å². The molecule has 0 spiro atoms. The van der Waals surface area contributed by atoms with Crippen molar-refractivity contribution in [3.8, 4) is 11.8 Å². The van der Waals surface area contributed by atoms with Crippen molar-refractivity contribution in [1.29, 1.82) is 0 Å². The van der Waals surface area contributed by atoms with Crippen LogP contribution in [0.4, 0.5) is 0 Å². The Bertz CT molecular complexity index is 219. The van der Waals surface area contributed by atoms with Gasteiger partial charge in [-0.2, -0.15) is 0 Å². The molecule has 17 heavy (non-hydrogen) atoms. The summed E-state index contributed by atoms with van der Waals surface area (Å²) >= 11 is 3.45. The summed E-state index contributed by atoms with van der Waals surface area (Å²) in [5.74, 6) is 6.53. The van der Waals surface area contributed by atoms with Crippen LogP contribution in [0.5, 0.6) is 0 Å². The molecule has 0 aliphatic heterocycles. The monoisotopic (exact) mass is 298 g/mol. The normalized spacial score (nSPS) is 10.5. The molecule has 0 fully saturated rings. The molecule has 0 aliphatic carbocycles. The smallest absolute Gasteiger partial charge is 0.0123 e. The van der Waals surface area contributed by atoms with Gasteiger partial charge in [0.25, 0.3) is 0 Å². The lowest BCUT2D eigenvalue weighted by molar-refractivity contribution is 0.685. The minimum Gasteiger partial charge on any atom is -0.103 e. The van der Waals surface area contributed by atoms with Crippen molar-refractivity contribution < 1.29 is 0 Å². The minimum atomic E-state index is 1.03. The quantitative estimate of drug-likeness (QED) is 0.205. The molecule has 0 aromatic carbocycles. The van der Waals surface area contributed by atoms with Gasteiger partial charge in [0.05, 0.1) is 0 Å². The SMILES string of the molecule is CCCC/C=C\CCC#CCCCCCCBr. The van der Waals surface area contributed by atoms with Crippen molar-refractivity contribution in [1.82, 2.24) is 0 Å². The summed E-state index contributed by atoms with van der Waals surface area (Å²) in [5, 5.41) is 1.14. The van der Waals surface area contributed by atoms with Gasteiger partial charge in [-0.3, -0.25) is 0 Å². The number of rotatable bonds is 10. The Balaban J connectivity index is 3.17. The van der Waals surface area contributed by atoms with Crippen LogP contribution in [0.15, 0.2) is 12.2 Å². The van der Waals surface area contributed by atoms with Crippen molar-refractivity contribution in [2.75, 3.05) is 5.33 Å². The highest BCUT2D eigenvalue weighted by atomic mass is 79.9. The Morgan fingerprint density at radius 3 is 2.29 bits per heavy atom. The van der Waals surface area contributed by atoms with Crippen molar-refractivity contribution in [3.63, 3.8) is 0 Å². The molecule has 0 aromatic rings. The molecule has 0 saturated heterocycles. The fourth-order valence-electron chi connectivity index (χ4n) is 1.55. The third-order valence-corrected chi connectivity index (χ3v) is 3.20. The molecule has 0 rings (SSSR count). The van der Waals surface area contributed by atoms with Gasteiger partial charge in [-0.15, -0.1) is 11.8 Å². The summed E-state index contributed by atoms with van der Waals surface area (Å²) in [6, 6.07) is 0.